The van der Waals surface area contributed by atoms with Gasteiger partial charge in [-0.25, -0.2) is 4.39 Å². The van der Waals surface area contributed by atoms with E-state index in [1.165, 1.54) is 36.2 Å². The van der Waals surface area contributed by atoms with E-state index in [4.69, 9.17) is 0 Å². The molecule has 2 amide bonds. The largest absolute Gasteiger partial charge is 0.334 e. The lowest BCUT2D eigenvalue weighted by Gasteiger charge is -2.44. The number of hydrogen-bond acceptors (Lipinski definition) is 4. The molecule has 3 atom stereocenters. The Bertz CT molecular complexity index is 1150. The molecule has 6 nitrogen and oxygen atoms in total. The number of anilines is 1. The highest BCUT2D eigenvalue weighted by Gasteiger charge is 2.46. The molecule has 1 saturated carbocycles. The van der Waals surface area contributed by atoms with Gasteiger partial charge in [-0.15, -0.1) is 0 Å². The summed E-state index contributed by atoms with van der Waals surface area (Å²) in [6.07, 6.45) is 10.2. The van der Waals surface area contributed by atoms with Gasteiger partial charge in [0, 0.05) is 49.0 Å². The Morgan fingerprint density at radius 2 is 1.77 bits per heavy atom. The summed E-state index contributed by atoms with van der Waals surface area (Å²) in [5.74, 6) is -0.177. The lowest BCUT2D eigenvalue weighted by molar-refractivity contribution is -0.141. The predicted molar refractivity (Wildman–Crippen MR) is 132 cm³/mol. The summed E-state index contributed by atoms with van der Waals surface area (Å²) in [6.45, 7) is 3.45. The molecule has 35 heavy (non-hydrogen) atoms. The van der Waals surface area contributed by atoms with E-state index in [0.717, 1.165) is 57.3 Å². The number of pyridine rings is 1. The first-order chi connectivity index (χ1) is 17.0. The first-order valence-electron chi connectivity index (χ1n) is 13.1. The highest BCUT2D eigenvalue weighted by atomic mass is 19.1. The number of amides is 2. The van der Waals surface area contributed by atoms with Gasteiger partial charge in [-0.1, -0.05) is 18.9 Å². The maximum atomic E-state index is 13.9. The predicted octanol–water partition coefficient (Wildman–Crippen LogP) is 4.63. The van der Waals surface area contributed by atoms with Crippen molar-refractivity contribution in [2.45, 2.75) is 76.4 Å². The average molecular weight is 477 g/mol. The van der Waals surface area contributed by atoms with Crippen molar-refractivity contribution in [1.82, 2.24) is 14.8 Å². The Balaban J connectivity index is 1.17. The minimum atomic E-state index is -0.480. The number of aromatic nitrogens is 1. The number of rotatable bonds is 4. The molecule has 2 bridgehead atoms. The quantitative estimate of drug-likeness (QED) is 0.699. The van der Waals surface area contributed by atoms with Crippen LogP contribution in [0.2, 0.25) is 0 Å². The number of likely N-dealkylation sites (tertiary alicyclic amines) is 1. The van der Waals surface area contributed by atoms with Crippen molar-refractivity contribution in [2.75, 3.05) is 18.4 Å². The fraction of sp³-hybridized carbons (Fsp3) is 0.536. The fourth-order valence-corrected chi connectivity index (χ4v) is 6.80. The number of carbonyl (C=O) groups excluding carboxylic acids is 2. The zero-order chi connectivity index (χ0) is 24.1. The van der Waals surface area contributed by atoms with Crippen molar-refractivity contribution >= 4 is 17.5 Å². The van der Waals surface area contributed by atoms with Crippen molar-refractivity contribution in [3.8, 4) is 0 Å². The van der Waals surface area contributed by atoms with Crippen molar-refractivity contribution in [3.63, 3.8) is 0 Å². The van der Waals surface area contributed by atoms with E-state index < -0.39 is 5.82 Å². The highest BCUT2D eigenvalue weighted by Crippen LogP contribution is 2.42. The molecular weight excluding hydrogens is 443 g/mol. The van der Waals surface area contributed by atoms with Gasteiger partial charge in [0.05, 0.1) is 11.3 Å². The van der Waals surface area contributed by atoms with Gasteiger partial charge in [0.25, 0.3) is 5.91 Å². The van der Waals surface area contributed by atoms with Crippen LogP contribution in [0.25, 0.3) is 0 Å². The van der Waals surface area contributed by atoms with E-state index in [1.54, 1.807) is 6.92 Å². The Morgan fingerprint density at radius 1 is 1.03 bits per heavy atom. The summed E-state index contributed by atoms with van der Waals surface area (Å²) in [7, 11) is 0. The second kappa shape index (κ2) is 9.01. The van der Waals surface area contributed by atoms with Crippen LogP contribution in [0.15, 0.2) is 30.5 Å². The smallest absolute Gasteiger partial charge is 0.257 e. The lowest BCUT2D eigenvalue weighted by Crippen LogP contribution is -2.57. The molecule has 3 heterocycles. The molecule has 0 radical (unpaired) electrons. The summed E-state index contributed by atoms with van der Waals surface area (Å²) < 4.78 is 13.9. The van der Waals surface area contributed by atoms with Gasteiger partial charge in [0.15, 0.2) is 0 Å². The molecule has 184 valence electrons. The van der Waals surface area contributed by atoms with Gasteiger partial charge in [0.2, 0.25) is 5.91 Å². The molecule has 1 aromatic carbocycles. The lowest BCUT2D eigenvalue weighted by atomic mass is 10.0. The highest BCUT2D eigenvalue weighted by molar-refractivity contribution is 6.04. The van der Waals surface area contributed by atoms with E-state index in [-0.39, 0.29) is 23.1 Å². The van der Waals surface area contributed by atoms with E-state index in [2.05, 4.69) is 32.2 Å². The molecule has 2 aliphatic carbocycles. The normalized spacial score (nSPS) is 26.2. The molecular formula is C28H33FN4O2. The molecule has 6 rings (SSSR count). The number of nitrogens with one attached hydrogen (secondary N) is 1. The second-order valence-corrected chi connectivity index (χ2v) is 10.8. The third kappa shape index (κ3) is 4.14. The summed E-state index contributed by atoms with van der Waals surface area (Å²) in [5.41, 5.74) is 3.81. The molecule has 1 aromatic heterocycles. The zero-order valence-electron chi connectivity index (χ0n) is 20.3. The van der Waals surface area contributed by atoms with Gasteiger partial charge in [0.1, 0.15) is 5.82 Å². The number of piperazine rings is 1. The molecule has 7 heteroatoms. The van der Waals surface area contributed by atoms with Crippen molar-refractivity contribution in [1.29, 1.82) is 0 Å². The number of benzene rings is 1. The van der Waals surface area contributed by atoms with E-state index in [9.17, 15) is 14.0 Å². The Hall–Kier alpha value is -2.80. The van der Waals surface area contributed by atoms with Gasteiger partial charge >= 0.3 is 0 Å². The number of fused-ring (bicyclic) bond motifs is 3. The van der Waals surface area contributed by atoms with Crippen LogP contribution < -0.4 is 5.32 Å². The van der Waals surface area contributed by atoms with Crippen molar-refractivity contribution in [2.24, 2.45) is 5.92 Å². The number of hydrogen-bond donors (Lipinski definition) is 1. The van der Waals surface area contributed by atoms with Crippen LogP contribution in [0.3, 0.4) is 0 Å². The molecule has 1 N–H and O–H groups in total. The number of halogens is 1. The summed E-state index contributed by atoms with van der Waals surface area (Å²) in [5, 5.41) is 2.92. The van der Waals surface area contributed by atoms with Crippen LogP contribution >= 0.6 is 0 Å². The molecule has 2 aromatic rings. The fourth-order valence-electron chi connectivity index (χ4n) is 6.80. The van der Waals surface area contributed by atoms with Crippen LogP contribution in [0.5, 0.6) is 0 Å². The summed E-state index contributed by atoms with van der Waals surface area (Å²) in [6, 6.07) is 8.33. The van der Waals surface area contributed by atoms with E-state index >= 15 is 0 Å². The number of carbonyl (C=O) groups is 2. The topological polar surface area (TPSA) is 65.5 Å². The first kappa shape index (κ1) is 22.7. The Morgan fingerprint density at radius 3 is 2.49 bits per heavy atom. The second-order valence-electron chi connectivity index (χ2n) is 10.8. The summed E-state index contributed by atoms with van der Waals surface area (Å²) >= 11 is 0. The van der Waals surface area contributed by atoms with Crippen LogP contribution in [0.1, 0.15) is 78.2 Å². The third-order valence-corrected chi connectivity index (χ3v) is 8.65. The standard InChI is InChI=1S/C28H33FN4O2/c1-17-25(29)12-20(14-30-17)27(34)31-21-8-6-18-7-11-26(24(18)13-21)32-15-22-9-10-23(16-32)33(22)28(35)19-4-2-3-5-19/h6,8,12-14,19,22-23,26H,2-5,7,9-11,15-16H2,1H3,(H,31,34). The van der Waals surface area contributed by atoms with Crippen molar-refractivity contribution < 1.29 is 14.0 Å². The van der Waals surface area contributed by atoms with E-state index in [0.29, 0.717) is 24.0 Å². The number of aryl methyl sites for hydroxylation is 2. The molecule has 4 aliphatic rings. The minimum Gasteiger partial charge on any atom is -0.334 e. The third-order valence-electron chi connectivity index (χ3n) is 8.65. The van der Waals surface area contributed by atoms with Gasteiger partial charge in [-0.05, 0) is 74.8 Å². The zero-order valence-corrected chi connectivity index (χ0v) is 20.3. The van der Waals surface area contributed by atoms with Crippen LogP contribution in [0.4, 0.5) is 10.1 Å². The monoisotopic (exact) mass is 476 g/mol. The average Bonchev–Trinajstić information content (AvgIpc) is 3.58. The van der Waals surface area contributed by atoms with Crippen LogP contribution in [0, 0.1) is 18.7 Å². The van der Waals surface area contributed by atoms with Crippen LogP contribution in [-0.2, 0) is 11.2 Å². The van der Waals surface area contributed by atoms with Gasteiger partial charge in [-0.3, -0.25) is 19.5 Å². The summed E-state index contributed by atoms with van der Waals surface area (Å²) in [4.78, 5) is 34.7. The first-order valence-corrected chi connectivity index (χ1v) is 13.1. The molecule has 0 spiro atoms. The van der Waals surface area contributed by atoms with Gasteiger partial charge in [-0.2, -0.15) is 0 Å². The SMILES string of the molecule is Cc1ncc(C(=O)Nc2ccc3c(c2)C(N2CC4CCC(C2)N4C(=O)C2CCCC2)CC3)cc1F. The maximum Gasteiger partial charge on any atom is 0.257 e. The van der Waals surface area contributed by atoms with Gasteiger partial charge < -0.3 is 10.2 Å². The molecule has 3 unspecified atom stereocenters. The van der Waals surface area contributed by atoms with E-state index in [1.807, 2.05) is 6.07 Å². The Labute approximate surface area is 205 Å². The minimum absolute atomic E-state index is 0.213. The number of nitrogens with zero attached hydrogens (tertiary/aromatic N) is 3. The molecule has 2 aliphatic heterocycles. The molecule has 3 fully saturated rings. The maximum absolute atomic E-state index is 13.9. The Kier molecular flexibility index (Phi) is 5.83. The van der Waals surface area contributed by atoms with Crippen molar-refractivity contribution in [3.05, 3.63) is 58.7 Å². The molecule has 2 saturated heterocycles. The van der Waals surface area contributed by atoms with Crippen LogP contribution in [-0.4, -0.2) is 51.8 Å².